The van der Waals surface area contributed by atoms with Crippen molar-refractivity contribution in [2.24, 2.45) is 0 Å². The smallest absolute Gasteiger partial charge is 0.364 e. The van der Waals surface area contributed by atoms with Crippen molar-refractivity contribution in [2.75, 3.05) is 0 Å². The molecule has 1 aromatic heterocycles. The lowest BCUT2D eigenvalue weighted by atomic mass is 9.80. The molecule has 3 nitrogen and oxygen atoms in total. The van der Waals surface area contributed by atoms with E-state index in [2.05, 4.69) is 4.98 Å². The lowest BCUT2D eigenvalue weighted by molar-refractivity contribution is 0.0688. The van der Waals surface area contributed by atoms with Gasteiger partial charge in [0.15, 0.2) is 0 Å². The van der Waals surface area contributed by atoms with Crippen LogP contribution < -0.4 is 0 Å². The fraction of sp³-hybridized carbons (Fsp3) is 0.500. The average molecular weight is 276 g/mol. The predicted octanol–water partition coefficient (Wildman–Crippen LogP) is 3.64. The third-order valence-corrected chi connectivity index (χ3v) is 3.43. The Labute approximate surface area is 108 Å². The van der Waals surface area contributed by atoms with Crippen LogP contribution in [0.3, 0.4) is 0 Å². The molecule has 18 heavy (non-hydrogen) atoms. The Morgan fingerprint density at radius 1 is 1.56 bits per heavy atom. The number of hydrogen-bond donors (Lipinski definition) is 1. The van der Waals surface area contributed by atoms with Crippen LogP contribution in [0, 0.1) is 6.92 Å². The minimum Gasteiger partial charge on any atom is -0.478 e. The second kappa shape index (κ2) is 4.46. The van der Waals surface area contributed by atoms with Gasteiger partial charge in [-0.05, 0) is 43.0 Å². The summed E-state index contributed by atoms with van der Waals surface area (Å²) in [6.07, 6.45) is 2.53. The van der Waals surface area contributed by atoms with E-state index in [0.717, 1.165) is 25.3 Å². The Morgan fingerprint density at radius 3 is 2.56 bits per heavy atom. The van der Waals surface area contributed by atoms with Crippen molar-refractivity contribution in [3.8, 4) is 0 Å². The fourth-order valence-electron chi connectivity index (χ4n) is 2.10. The van der Waals surface area contributed by atoms with Crippen LogP contribution in [0.2, 0.25) is 0 Å². The summed E-state index contributed by atoms with van der Waals surface area (Å²) in [7, 11) is 0. The first-order chi connectivity index (χ1) is 8.30. The first-order valence-electron chi connectivity index (χ1n) is 5.62. The van der Waals surface area contributed by atoms with Crippen LogP contribution >= 0.6 is 11.6 Å². The standard InChI is InChI=1S/C12H12ClF2NO2/c1-6-5-8(12(13,14)15)16-10(7-3-2-4-7)9(6)11(17)18/h5,7H,2-4H2,1H3,(H,17,18). The minimum absolute atomic E-state index is 0.0318. The summed E-state index contributed by atoms with van der Waals surface area (Å²) in [4.78, 5) is 15.0. The van der Waals surface area contributed by atoms with Crippen molar-refractivity contribution in [2.45, 2.75) is 37.5 Å². The molecule has 0 bridgehead atoms. The zero-order valence-corrected chi connectivity index (χ0v) is 10.5. The molecule has 0 spiro atoms. The predicted molar refractivity (Wildman–Crippen MR) is 62.3 cm³/mol. The van der Waals surface area contributed by atoms with E-state index >= 15 is 0 Å². The normalized spacial score (nSPS) is 16.4. The SMILES string of the molecule is Cc1cc(C(F)(F)Cl)nc(C2CCC2)c1C(=O)O. The molecule has 0 amide bonds. The van der Waals surface area contributed by atoms with E-state index in [1.54, 1.807) is 0 Å². The van der Waals surface area contributed by atoms with Gasteiger partial charge in [-0.3, -0.25) is 0 Å². The van der Waals surface area contributed by atoms with Crippen LogP contribution in [-0.4, -0.2) is 16.1 Å². The molecule has 2 rings (SSSR count). The molecule has 1 aliphatic carbocycles. The van der Waals surface area contributed by atoms with Gasteiger partial charge in [0.05, 0.1) is 11.3 Å². The molecule has 1 aromatic rings. The molecular formula is C12H12ClF2NO2. The number of carboxylic acids is 1. The lowest BCUT2D eigenvalue weighted by Gasteiger charge is -2.27. The molecule has 1 saturated carbocycles. The highest BCUT2D eigenvalue weighted by Gasteiger charge is 2.34. The number of halogens is 3. The second-order valence-electron chi connectivity index (χ2n) is 4.52. The van der Waals surface area contributed by atoms with E-state index in [1.807, 2.05) is 0 Å². The van der Waals surface area contributed by atoms with Gasteiger partial charge < -0.3 is 5.11 Å². The highest BCUT2D eigenvalue weighted by Crippen LogP contribution is 2.40. The molecule has 0 aliphatic heterocycles. The number of alkyl halides is 3. The number of carboxylic acid groups (broad SMARTS) is 1. The maximum Gasteiger partial charge on any atom is 0.364 e. The van der Waals surface area contributed by atoms with Gasteiger partial charge in [0, 0.05) is 5.92 Å². The molecule has 0 atom stereocenters. The van der Waals surface area contributed by atoms with E-state index < -0.39 is 17.0 Å². The van der Waals surface area contributed by atoms with E-state index in [-0.39, 0.29) is 22.7 Å². The Kier molecular flexibility index (Phi) is 3.27. The van der Waals surface area contributed by atoms with Crippen molar-refractivity contribution in [1.82, 2.24) is 4.98 Å². The van der Waals surface area contributed by atoms with Crippen LogP contribution in [0.5, 0.6) is 0 Å². The number of nitrogens with zero attached hydrogens (tertiary/aromatic N) is 1. The highest BCUT2D eigenvalue weighted by molar-refractivity contribution is 6.21. The Balaban J connectivity index is 2.58. The molecule has 1 aliphatic rings. The van der Waals surface area contributed by atoms with Gasteiger partial charge >= 0.3 is 11.4 Å². The third kappa shape index (κ3) is 2.32. The van der Waals surface area contributed by atoms with Crippen LogP contribution in [0.1, 0.15) is 52.5 Å². The first-order valence-corrected chi connectivity index (χ1v) is 6.00. The van der Waals surface area contributed by atoms with E-state index in [9.17, 15) is 13.6 Å². The summed E-state index contributed by atoms with van der Waals surface area (Å²) in [5, 5.41) is 5.58. The van der Waals surface area contributed by atoms with Gasteiger partial charge in [-0.2, -0.15) is 8.78 Å². The number of aromatic carboxylic acids is 1. The van der Waals surface area contributed by atoms with Crippen molar-refractivity contribution in [1.29, 1.82) is 0 Å². The topological polar surface area (TPSA) is 50.2 Å². The largest absolute Gasteiger partial charge is 0.478 e. The first kappa shape index (κ1) is 13.2. The van der Waals surface area contributed by atoms with Crippen molar-refractivity contribution >= 4 is 17.6 Å². The number of pyridine rings is 1. The fourth-order valence-corrected chi connectivity index (χ4v) is 2.19. The summed E-state index contributed by atoms with van der Waals surface area (Å²) in [5.74, 6) is -1.18. The monoisotopic (exact) mass is 275 g/mol. The van der Waals surface area contributed by atoms with Crippen LogP contribution in [-0.2, 0) is 5.38 Å². The summed E-state index contributed by atoms with van der Waals surface area (Å²) < 4.78 is 26.2. The molecule has 6 heteroatoms. The quantitative estimate of drug-likeness (QED) is 0.857. The molecule has 1 heterocycles. The van der Waals surface area contributed by atoms with Crippen LogP contribution in [0.15, 0.2) is 6.07 Å². The molecular weight excluding hydrogens is 264 g/mol. The van der Waals surface area contributed by atoms with Crippen LogP contribution in [0.4, 0.5) is 8.78 Å². The average Bonchev–Trinajstić information content (AvgIpc) is 2.11. The molecule has 0 unspecified atom stereocenters. The summed E-state index contributed by atoms with van der Waals surface area (Å²) >= 11 is 4.96. The van der Waals surface area contributed by atoms with Crippen molar-refractivity contribution in [3.05, 3.63) is 28.6 Å². The molecule has 98 valence electrons. The summed E-state index contributed by atoms with van der Waals surface area (Å²) in [6.45, 7) is 1.49. The number of hydrogen-bond acceptors (Lipinski definition) is 2. The summed E-state index contributed by atoms with van der Waals surface area (Å²) in [6, 6.07) is 1.04. The maximum absolute atomic E-state index is 13.1. The Hall–Kier alpha value is -1.23. The lowest BCUT2D eigenvalue weighted by Crippen LogP contribution is -2.20. The van der Waals surface area contributed by atoms with E-state index in [0.29, 0.717) is 0 Å². The number of carbonyl (C=O) groups is 1. The molecule has 1 N–H and O–H groups in total. The Bertz CT molecular complexity index is 496. The van der Waals surface area contributed by atoms with Gasteiger partial charge in [-0.15, -0.1) is 0 Å². The van der Waals surface area contributed by atoms with Crippen LogP contribution in [0.25, 0.3) is 0 Å². The van der Waals surface area contributed by atoms with Gasteiger partial charge in [0.2, 0.25) is 0 Å². The second-order valence-corrected chi connectivity index (χ2v) is 4.99. The highest BCUT2D eigenvalue weighted by atomic mass is 35.5. The van der Waals surface area contributed by atoms with Gasteiger partial charge in [0.25, 0.3) is 0 Å². The van der Waals surface area contributed by atoms with E-state index in [4.69, 9.17) is 16.7 Å². The zero-order valence-electron chi connectivity index (χ0n) is 9.71. The maximum atomic E-state index is 13.1. The third-order valence-electron chi connectivity index (χ3n) is 3.24. The number of rotatable bonds is 3. The molecule has 0 aromatic carbocycles. The van der Waals surface area contributed by atoms with E-state index in [1.165, 1.54) is 6.92 Å². The van der Waals surface area contributed by atoms with Gasteiger partial charge in [0.1, 0.15) is 5.69 Å². The van der Waals surface area contributed by atoms with Crippen molar-refractivity contribution in [3.63, 3.8) is 0 Å². The molecule has 0 radical (unpaired) electrons. The van der Waals surface area contributed by atoms with Gasteiger partial charge in [-0.25, -0.2) is 9.78 Å². The number of aryl methyl sites for hydroxylation is 1. The Morgan fingerprint density at radius 2 is 2.17 bits per heavy atom. The minimum atomic E-state index is -3.57. The van der Waals surface area contributed by atoms with Gasteiger partial charge in [-0.1, -0.05) is 6.42 Å². The number of aromatic nitrogens is 1. The molecule has 0 saturated heterocycles. The molecule has 1 fully saturated rings. The summed E-state index contributed by atoms with van der Waals surface area (Å²) in [5.41, 5.74) is -0.0308. The zero-order chi connectivity index (χ0) is 13.5. The van der Waals surface area contributed by atoms with Crippen molar-refractivity contribution < 1.29 is 18.7 Å².